The van der Waals surface area contributed by atoms with Crippen LogP contribution in [0.3, 0.4) is 0 Å². The number of carbonyl (C=O) groups excluding carboxylic acids is 1. The van der Waals surface area contributed by atoms with Gasteiger partial charge in [0, 0.05) is 13.1 Å². The second-order valence-corrected chi connectivity index (χ2v) is 10.8. The average molecular weight is 543 g/mol. The minimum atomic E-state index is -1.02. The Kier molecular flexibility index (Phi) is 8.28. The molecule has 3 aromatic carbocycles. The van der Waals surface area contributed by atoms with Gasteiger partial charge in [-0.3, -0.25) is 14.4 Å². The van der Waals surface area contributed by atoms with Crippen LogP contribution >= 0.6 is 0 Å². The van der Waals surface area contributed by atoms with Crippen molar-refractivity contribution in [3.05, 3.63) is 107 Å². The van der Waals surface area contributed by atoms with E-state index in [4.69, 9.17) is 4.84 Å². The molecule has 1 saturated carbocycles. The van der Waals surface area contributed by atoms with Gasteiger partial charge < -0.3 is 15.1 Å². The van der Waals surface area contributed by atoms with Gasteiger partial charge in [0.25, 0.3) is 0 Å². The van der Waals surface area contributed by atoms with Crippen LogP contribution in [0.4, 0.5) is 0 Å². The molecule has 2 aliphatic rings. The van der Waals surface area contributed by atoms with Crippen molar-refractivity contribution >= 4 is 17.8 Å². The quantitative estimate of drug-likeness (QED) is 0.177. The Balaban J connectivity index is 1.16. The van der Waals surface area contributed by atoms with Crippen molar-refractivity contribution < 1.29 is 29.4 Å². The Morgan fingerprint density at radius 2 is 1.62 bits per heavy atom. The van der Waals surface area contributed by atoms with Crippen LogP contribution in [0.5, 0.6) is 0 Å². The number of hydrogen-bond acceptors (Lipinski definition) is 5. The van der Waals surface area contributed by atoms with Gasteiger partial charge in [-0.1, -0.05) is 72.8 Å². The molecule has 0 radical (unpaired) electrons. The Labute approximate surface area is 233 Å². The number of rotatable bonds is 12. The van der Waals surface area contributed by atoms with Gasteiger partial charge in [0.2, 0.25) is 5.91 Å². The van der Waals surface area contributed by atoms with Gasteiger partial charge in [0.15, 0.2) is 0 Å². The molecule has 208 valence electrons. The van der Waals surface area contributed by atoms with Crippen LogP contribution in [-0.4, -0.2) is 51.6 Å². The van der Waals surface area contributed by atoms with Crippen molar-refractivity contribution in [1.29, 1.82) is 0 Å². The van der Waals surface area contributed by atoms with Gasteiger partial charge >= 0.3 is 11.9 Å². The number of aliphatic carboxylic acids is 1. The molecule has 1 saturated heterocycles. The lowest BCUT2D eigenvalue weighted by atomic mass is 9.71. The lowest BCUT2D eigenvalue weighted by Gasteiger charge is -2.33. The Morgan fingerprint density at radius 1 is 0.925 bits per heavy atom. The SMILES string of the molecule is O=C(O)c1ccc(Cc2ccccc2)cc1CONCCN1C(=O)C12CC(Cc1ccccc1)CCC2C(=O)O. The third-order valence-electron chi connectivity index (χ3n) is 8.17. The molecule has 8 nitrogen and oxygen atoms in total. The first-order chi connectivity index (χ1) is 19.4. The number of amides is 1. The first kappa shape index (κ1) is 27.6. The molecule has 3 aromatic rings. The highest BCUT2D eigenvalue weighted by Crippen LogP contribution is 2.52. The van der Waals surface area contributed by atoms with E-state index in [9.17, 15) is 24.6 Å². The van der Waals surface area contributed by atoms with Crippen LogP contribution in [0.2, 0.25) is 0 Å². The first-order valence-electron chi connectivity index (χ1n) is 13.7. The van der Waals surface area contributed by atoms with Crippen molar-refractivity contribution in [3.63, 3.8) is 0 Å². The summed E-state index contributed by atoms with van der Waals surface area (Å²) < 4.78 is 0. The number of carbonyl (C=O) groups is 3. The van der Waals surface area contributed by atoms with Crippen molar-refractivity contribution in [2.75, 3.05) is 13.1 Å². The zero-order valence-electron chi connectivity index (χ0n) is 22.3. The molecule has 1 aliphatic heterocycles. The van der Waals surface area contributed by atoms with Crippen LogP contribution in [0.25, 0.3) is 0 Å². The molecule has 8 heteroatoms. The molecular weight excluding hydrogens is 508 g/mol. The first-order valence-corrected chi connectivity index (χ1v) is 13.7. The third-order valence-corrected chi connectivity index (χ3v) is 8.17. The van der Waals surface area contributed by atoms with Gasteiger partial charge in [-0.2, -0.15) is 0 Å². The van der Waals surface area contributed by atoms with Crippen LogP contribution in [-0.2, 0) is 33.9 Å². The summed E-state index contributed by atoms with van der Waals surface area (Å²) in [5.41, 5.74) is 5.92. The predicted molar refractivity (Wildman–Crippen MR) is 148 cm³/mol. The highest BCUT2D eigenvalue weighted by Gasteiger charge is 2.69. The summed E-state index contributed by atoms with van der Waals surface area (Å²) >= 11 is 0. The standard InChI is InChI=1S/C32H34N2O6/c35-29(36)27-13-11-24(17-22-7-3-1-4-8-22)19-26(27)21-40-33-15-16-34-31(39)32(34)20-25(12-14-28(32)30(37)38)18-23-9-5-2-6-10-23/h1-11,13,19,25,28,33H,12,14-18,20-21H2,(H,35,36)(H,37,38). The Morgan fingerprint density at radius 3 is 2.30 bits per heavy atom. The number of nitrogens with one attached hydrogen (secondary N) is 1. The maximum atomic E-state index is 13.0. The highest BCUT2D eigenvalue weighted by molar-refractivity contribution is 6.06. The molecule has 1 aliphatic carbocycles. The molecule has 0 aromatic heterocycles. The van der Waals surface area contributed by atoms with Crippen molar-refractivity contribution in [2.24, 2.45) is 11.8 Å². The molecule has 3 atom stereocenters. The van der Waals surface area contributed by atoms with Crippen molar-refractivity contribution in [3.8, 4) is 0 Å². The number of aromatic carboxylic acids is 1. The lowest BCUT2D eigenvalue weighted by Crippen LogP contribution is -2.42. The van der Waals surface area contributed by atoms with Crippen molar-refractivity contribution in [1.82, 2.24) is 10.4 Å². The van der Waals surface area contributed by atoms with E-state index in [0.29, 0.717) is 37.9 Å². The summed E-state index contributed by atoms with van der Waals surface area (Å²) in [5.74, 6) is -2.52. The molecule has 3 N–H and O–H groups in total. The van der Waals surface area contributed by atoms with E-state index in [1.807, 2.05) is 60.7 Å². The third kappa shape index (κ3) is 5.93. The van der Waals surface area contributed by atoms with E-state index in [1.54, 1.807) is 11.0 Å². The average Bonchev–Trinajstić information content (AvgIpc) is 3.49. The normalized spacial score (nSPS) is 21.9. The minimum absolute atomic E-state index is 0.0419. The molecule has 1 heterocycles. The molecule has 1 amide bonds. The Hall–Kier alpha value is -4.01. The molecule has 5 rings (SSSR count). The number of carboxylic acid groups (broad SMARTS) is 2. The fourth-order valence-electron chi connectivity index (χ4n) is 6.21. The largest absolute Gasteiger partial charge is 0.481 e. The summed E-state index contributed by atoms with van der Waals surface area (Å²) in [6.07, 6.45) is 3.30. The predicted octanol–water partition coefficient (Wildman–Crippen LogP) is 4.32. The van der Waals surface area contributed by atoms with Gasteiger partial charge in [-0.25, -0.2) is 10.3 Å². The van der Waals surface area contributed by atoms with E-state index in [0.717, 1.165) is 24.0 Å². The summed E-state index contributed by atoms with van der Waals surface area (Å²) in [7, 11) is 0. The van der Waals surface area contributed by atoms with Crippen LogP contribution in [0.15, 0.2) is 78.9 Å². The zero-order chi connectivity index (χ0) is 28.1. The zero-order valence-corrected chi connectivity index (χ0v) is 22.3. The number of hydrogen-bond donors (Lipinski definition) is 3. The number of nitrogens with zero attached hydrogens (tertiary/aromatic N) is 1. The van der Waals surface area contributed by atoms with E-state index >= 15 is 0 Å². The molecule has 40 heavy (non-hydrogen) atoms. The molecule has 0 bridgehead atoms. The van der Waals surface area contributed by atoms with E-state index in [1.165, 1.54) is 5.56 Å². The van der Waals surface area contributed by atoms with Crippen LogP contribution < -0.4 is 5.48 Å². The second-order valence-electron chi connectivity index (χ2n) is 10.8. The summed E-state index contributed by atoms with van der Waals surface area (Å²) in [6, 6.07) is 25.3. The summed E-state index contributed by atoms with van der Waals surface area (Å²) in [4.78, 5) is 44.1. The minimum Gasteiger partial charge on any atom is -0.481 e. The van der Waals surface area contributed by atoms with Gasteiger partial charge in [-0.05, 0) is 66.3 Å². The molecule has 1 spiro atoms. The van der Waals surface area contributed by atoms with Gasteiger partial charge in [0.05, 0.1) is 18.1 Å². The van der Waals surface area contributed by atoms with E-state index < -0.39 is 23.4 Å². The van der Waals surface area contributed by atoms with E-state index in [2.05, 4.69) is 17.6 Å². The molecule has 2 fully saturated rings. The van der Waals surface area contributed by atoms with Gasteiger partial charge in [-0.15, -0.1) is 0 Å². The fourth-order valence-corrected chi connectivity index (χ4v) is 6.21. The number of hydroxylamine groups is 1. The maximum Gasteiger partial charge on any atom is 0.336 e. The Bertz CT molecular complexity index is 1360. The lowest BCUT2D eigenvalue weighted by molar-refractivity contribution is -0.145. The topological polar surface area (TPSA) is 116 Å². The second kappa shape index (κ2) is 12.0. The molecular formula is C32H34N2O6. The fraction of sp³-hybridized carbons (Fsp3) is 0.344. The maximum absolute atomic E-state index is 13.0. The highest BCUT2D eigenvalue weighted by atomic mass is 16.6. The van der Waals surface area contributed by atoms with Crippen LogP contribution in [0, 0.1) is 11.8 Å². The summed E-state index contributed by atoms with van der Waals surface area (Å²) in [6.45, 7) is 0.663. The number of carboxylic acids is 2. The van der Waals surface area contributed by atoms with Crippen LogP contribution in [0.1, 0.15) is 51.9 Å². The monoisotopic (exact) mass is 542 g/mol. The van der Waals surface area contributed by atoms with Gasteiger partial charge in [0.1, 0.15) is 5.54 Å². The van der Waals surface area contributed by atoms with Crippen molar-refractivity contribution in [2.45, 2.75) is 44.2 Å². The smallest absolute Gasteiger partial charge is 0.336 e. The van der Waals surface area contributed by atoms with E-state index in [-0.39, 0.29) is 24.0 Å². The molecule has 3 unspecified atom stereocenters. The number of benzene rings is 3. The summed E-state index contributed by atoms with van der Waals surface area (Å²) in [5, 5.41) is 19.5.